The smallest absolute Gasteiger partial charge is 0.209 e. The third kappa shape index (κ3) is 4.39. The van der Waals surface area contributed by atoms with Crippen LogP contribution in [0.5, 0.6) is 0 Å². The standard InChI is InChI=1S/C18H25NO7/c1-18(2)25-16-15(23-11-12-6-4-3-5-7-12)14(24-17(16)26-18)13(8-9-20)10-19(21)22/h3-7,13-17,20H,8-11H2,1-2H3/t13-,14-,15+,16-,17-/m1/s1. The van der Waals surface area contributed by atoms with Crippen LogP contribution >= 0.6 is 0 Å². The summed E-state index contributed by atoms with van der Waals surface area (Å²) in [5.74, 6) is -1.29. The van der Waals surface area contributed by atoms with E-state index < -0.39 is 41.2 Å². The van der Waals surface area contributed by atoms with Gasteiger partial charge in [-0.25, -0.2) is 0 Å². The van der Waals surface area contributed by atoms with Crippen molar-refractivity contribution in [3.63, 3.8) is 0 Å². The Hall–Kier alpha value is -1.58. The maximum Gasteiger partial charge on any atom is 0.209 e. The van der Waals surface area contributed by atoms with Crippen molar-refractivity contribution < 1.29 is 29.0 Å². The second kappa shape index (κ2) is 7.98. The summed E-state index contributed by atoms with van der Waals surface area (Å²) in [5, 5.41) is 20.4. The third-order valence-electron chi connectivity index (χ3n) is 4.66. The average Bonchev–Trinajstić information content (AvgIpc) is 3.05. The van der Waals surface area contributed by atoms with Gasteiger partial charge in [-0.15, -0.1) is 0 Å². The lowest BCUT2D eigenvalue weighted by atomic mass is 9.93. The fourth-order valence-electron chi connectivity index (χ4n) is 3.56. The summed E-state index contributed by atoms with van der Waals surface area (Å²) < 4.78 is 23.7. The molecule has 2 fully saturated rings. The molecule has 0 unspecified atom stereocenters. The van der Waals surface area contributed by atoms with E-state index in [-0.39, 0.29) is 19.6 Å². The third-order valence-corrected chi connectivity index (χ3v) is 4.66. The second-order valence-corrected chi connectivity index (χ2v) is 7.12. The van der Waals surface area contributed by atoms with Crippen LogP contribution in [0, 0.1) is 16.0 Å². The fourth-order valence-corrected chi connectivity index (χ4v) is 3.56. The van der Waals surface area contributed by atoms with Crippen LogP contribution < -0.4 is 0 Å². The highest BCUT2D eigenvalue weighted by Crippen LogP contribution is 2.41. The van der Waals surface area contributed by atoms with Gasteiger partial charge in [0.05, 0.1) is 18.6 Å². The molecule has 1 aromatic carbocycles. The van der Waals surface area contributed by atoms with Gasteiger partial charge in [0.2, 0.25) is 6.54 Å². The van der Waals surface area contributed by atoms with Crippen LogP contribution in [0.2, 0.25) is 0 Å². The van der Waals surface area contributed by atoms with Crippen molar-refractivity contribution in [2.45, 2.75) is 57.3 Å². The largest absolute Gasteiger partial charge is 0.396 e. The molecule has 0 radical (unpaired) electrons. The Morgan fingerprint density at radius 1 is 1.31 bits per heavy atom. The zero-order valence-electron chi connectivity index (χ0n) is 14.9. The molecule has 0 aliphatic carbocycles. The number of hydrogen-bond acceptors (Lipinski definition) is 7. The Morgan fingerprint density at radius 2 is 2.04 bits per heavy atom. The molecule has 144 valence electrons. The van der Waals surface area contributed by atoms with E-state index in [2.05, 4.69) is 0 Å². The van der Waals surface area contributed by atoms with Gasteiger partial charge in [0.25, 0.3) is 0 Å². The van der Waals surface area contributed by atoms with Gasteiger partial charge in [0.1, 0.15) is 12.2 Å². The first-order chi connectivity index (χ1) is 12.4. The summed E-state index contributed by atoms with van der Waals surface area (Å²) in [4.78, 5) is 10.7. The molecule has 26 heavy (non-hydrogen) atoms. The van der Waals surface area contributed by atoms with E-state index >= 15 is 0 Å². The quantitative estimate of drug-likeness (QED) is 0.551. The Morgan fingerprint density at radius 3 is 2.69 bits per heavy atom. The highest BCUT2D eigenvalue weighted by molar-refractivity contribution is 5.13. The first-order valence-corrected chi connectivity index (χ1v) is 8.79. The van der Waals surface area contributed by atoms with Gasteiger partial charge in [0.15, 0.2) is 12.1 Å². The summed E-state index contributed by atoms with van der Waals surface area (Å²) in [6.45, 7) is 3.45. The Labute approximate surface area is 152 Å². The molecule has 0 aromatic heterocycles. The van der Waals surface area contributed by atoms with E-state index in [9.17, 15) is 15.2 Å². The van der Waals surface area contributed by atoms with E-state index in [1.54, 1.807) is 13.8 Å². The van der Waals surface area contributed by atoms with E-state index in [0.717, 1.165) is 5.56 Å². The zero-order chi connectivity index (χ0) is 18.7. The van der Waals surface area contributed by atoms with Crippen LogP contribution in [0.1, 0.15) is 25.8 Å². The number of fused-ring (bicyclic) bond motifs is 1. The first-order valence-electron chi connectivity index (χ1n) is 8.79. The van der Waals surface area contributed by atoms with E-state index in [1.165, 1.54) is 0 Å². The van der Waals surface area contributed by atoms with Gasteiger partial charge in [-0.05, 0) is 25.8 Å². The van der Waals surface area contributed by atoms with Gasteiger partial charge >= 0.3 is 0 Å². The molecule has 2 heterocycles. The lowest BCUT2D eigenvalue weighted by molar-refractivity contribution is -0.492. The molecule has 1 aromatic rings. The van der Waals surface area contributed by atoms with Crippen molar-refractivity contribution in [1.29, 1.82) is 0 Å². The minimum absolute atomic E-state index is 0.160. The van der Waals surface area contributed by atoms with E-state index in [1.807, 2.05) is 30.3 Å². The first kappa shape index (κ1) is 19.2. The molecule has 2 aliphatic heterocycles. The number of nitrogens with zero attached hydrogens (tertiary/aromatic N) is 1. The Kier molecular flexibility index (Phi) is 5.89. The predicted molar refractivity (Wildman–Crippen MR) is 90.8 cm³/mol. The molecule has 0 bridgehead atoms. The predicted octanol–water partition coefficient (Wildman–Crippen LogP) is 1.72. The molecule has 1 N–H and O–H groups in total. The van der Waals surface area contributed by atoms with Crippen molar-refractivity contribution in [3.8, 4) is 0 Å². The van der Waals surface area contributed by atoms with Gasteiger partial charge in [-0.1, -0.05) is 30.3 Å². The van der Waals surface area contributed by atoms with Gasteiger partial charge in [-0.3, -0.25) is 10.1 Å². The maximum absolute atomic E-state index is 11.0. The monoisotopic (exact) mass is 367 g/mol. The molecule has 0 spiro atoms. The van der Waals surface area contributed by atoms with Crippen molar-refractivity contribution in [1.82, 2.24) is 0 Å². The SMILES string of the molecule is CC1(C)O[C@H]2O[C@H]([C@H](CCO)C[N+](=O)[O-])[C@H](OCc3ccccc3)[C@H]2O1. The Balaban J connectivity index is 1.76. The number of ether oxygens (including phenoxy) is 4. The number of rotatable bonds is 8. The molecule has 3 rings (SSSR count). The summed E-state index contributed by atoms with van der Waals surface area (Å²) >= 11 is 0. The number of nitro groups is 1. The van der Waals surface area contributed by atoms with Gasteiger partial charge in [-0.2, -0.15) is 0 Å². The number of aliphatic hydroxyl groups is 1. The van der Waals surface area contributed by atoms with Crippen molar-refractivity contribution in [3.05, 3.63) is 46.0 Å². The molecule has 0 amide bonds. The zero-order valence-corrected chi connectivity index (χ0v) is 14.9. The van der Waals surface area contributed by atoms with Gasteiger partial charge in [0, 0.05) is 11.5 Å². The number of aliphatic hydroxyl groups excluding tert-OH is 1. The lowest BCUT2D eigenvalue weighted by Crippen LogP contribution is -2.42. The van der Waals surface area contributed by atoms with E-state index in [4.69, 9.17) is 18.9 Å². The normalized spacial score (nSPS) is 30.9. The molecule has 2 aliphatic rings. The topological polar surface area (TPSA) is 100 Å². The van der Waals surface area contributed by atoms with E-state index in [0.29, 0.717) is 6.61 Å². The number of hydrogen-bond donors (Lipinski definition) is 1. The number of benzene rings is 1. The van der Waals surface area contributed by atoms with Crippen LogP contribution in [-0.4, -0.2) is 53.6 Å². The van der Waals surface area contributed by atoms with Crippen LogP contribution in [0.25, 0.3) is 0 Å². The summed E-state index contributed by atoms with van der Waals surface area (Å²) in [6, 6.07) is 9.65. The highest BCUT2D eigenvalue weighted by atomic mass is 16.8. The minimum Gasteiger partial charge on any atom is -0.396 e. The lowest BCUT2D eigenvalue weighted by Gasteiger charge is -2.29. The van der Waals surface area contributed by atoms with Crippen LogP contribution in [-0.2, 0) is 25.6 Å². The molecular weight excluding hydrogens is 342 g/mol. The molecule has 8 nitrogen and oxygen atoms in total. The maximum atomic E-state index is 11.0. The van der Waals surface area contributed by atoms with Gasteiger partial charge < -0.3 is 24.1 Å². The minimum atomic E-state index is -0.801. The van der Waals surface area contributed by atoms with Crippen molar-refractivity contribution >= 4 is 0 Å². The fraction of sp³-hybridized carbons (Fsp3) is 0.667. The van der Waals surface area contributed by atoms with Crippen LogP contribution in [0.15, 0.2) is 30.3 Å². The molecule has 5 atom stereocenters. The van der Waals surface area contributed by atoms with Crippen LogP contribution in [0.3, 0.4) is 0 Å². The highest BCUT2D eigenvalue weighted by Gasteiger charge is 2.57. The molecular formula is C18H25NO7. The van der Waals surface area contributed by atoms with Crippen molar-refractivity contribution in [2.24, 2.45) is 5.92 Å². The van der Waals surface area contributed by atoms with Crippen molar-refractivity contribution in [2.75, 3.05) is 13.2 Å². The molecule has 2 saturated heterocycles. The Bertz CT molecular complexity index is 609. The summed E-state index contributed by atoms with van der Waals surface area (Å²) in [7, 11) is 0. The second-order valence-electron chi connectivity index (χ2n) is 7.12. The molecule has 0 saturated carbocycles. The van der Waals surface area contributed by atoms with Crippen LogP contribution in [0.4, 0.5) is 0 Å². The average molecular weight is 367 g/mol. The summed E-state index contributed by atoms with van der Waals surface area (Å²) in [5.41, 5.74) is 0.987. The molecule has 8 heteroatoms. The summed E-state index contributed by atoms with van der Waals surface area (Å²) in [6.07, 6.45) is -1.95.